The van der Waals surface area contributed by atoms with E-state index in [1.807, 2.05) is 0 Å². The van der Waals surface area contributed by atoms with E-state index < -0.39 is 15.4 Å². The fourth-order valence-corrected chi connectivity index (χ4v) is 2.62. The van der Waals surface area contributed by atoms with Crippen LogP contribution in [0.4, 0.5) is 0 Å². The lowest BCUT2D eigenvalue weighted by Crippen LogP contribution is -2.20. The van der Waals surface area contributed by atoms with Crippen molar-refractivity contribution in [3.8, 4) is 0 Å². The highest BCUT2D eigenvalue weighted by molar-refractivity contribution is 7.86. The van der Waals surface area contributed by atoms with Crippen LogP contribution >= 0.6 is 0 Å². The average molecular weight is 252 g/mol. The molecule has 16 heavy (non-hydrogen) atoms. The Morgan fingerprint density at radius 3 is 1.56 bits per heavy atom. The Labute approximate surface area is 101 Å². The number of unbranched alkanes of at least 4 members (excludes halogenated alkanes) is 4. The van der Waals surface area contributed by atoms with Crippen LogP contribution < -0.4 is 0 Å². The van der Waals surface area contributed by atoms with Crippen LogP contribution in [0.1, 0.15) is 72.6 Å². The molecule has 4 heteroatoms. The van der Waals surface area contributed by atoms with Gasteiger partial charge in [0.25, 0.3) is 10.1 Å². The quantitative estimate of drug-likeness (QED) is 0.497. The summed E-state index contributed by atoms with van der Waals surface area (Å²) in [6, 6.07) is 0. The van der Waals surface area contributed by atoms with Crippen LogP contribution in [0.3, 0.4) is 0 Å². The molecule has 0 aromatic heterocycles. The van der Waals surface area contributed by atoms with Crippen molar-refractivity contribution in [1.29, 1.82) is 0 Å². The Hall–Kier alpha value is -0.0900. The molecule has 0 aromatic rings. The predicted molar refractivity (Wildman–Crippen MR) is 70.4 cm³/mol. The minimum atomic E-state index is -3.83. The summed E-state index contributed by atoms with van der Waals surface area (Å²) in [7, 11) is -3.83. The summed E-state index contributed by atoms with van der Waals surface area (Å²) in [5.74, 6) is 0. The van der Waals surface area contributed by atoms with Gasteiger partial charge >= 0.3 is 0 Å². The zero-order valence-corrected chi connectivity index (χ0v) is 10.7. The van der Waals surface area contributed by atoms with Gasteiger partial charge in [-0.05, 0) is 12.8 Å². The summed E-state index contributed by atoms with van der Waals surface area (Å²) in [5.41, 5.74) is 0. The molecule has 0 heterocycles. The maximum absolute atomic E-state index is 11.1. The monoisotopic (exact) mass is 252 g/mol. The van der Waals surface area contributed by atoms with Crippen molar-refractivity contribution in [3.63, 3.8) is 0 Å². The topological polar surface area (TPSA) is 54.4 Å². The van der Waals surface area contributed by atoms with Gasteiger partial charge in [-0.2, -0.15) is 8.42 Å². The van der Waals surface area contributed by atoms with E-state index in [2.05, 4.69) is 13.8 Å². The van der Waals surface area contributed by atoms with Gasteiger partial charge in [-0.1, -0.05) is 59.8 Å². The molecule has 3 nitrogen and oxygen atoms in total. The molecule has 1 N–H and O–H groups in total. The molecule has 0 aliphatic rings. The normalized spacial score (nSPS) is 11.5. The van der Waals surface area contributed by atoms with E-state index in [-0.39, 0.29) is 7.43 Å². The number of rotatable bonds is 9. The van der Waals surface area contributed by atoms with Crippen molar-refractivity contribution in [2.24, 2.45) is 0 Å². The summed E-state index contributed by atoms with van der Waals surface area (Å²) in [6.07, 6.45) is 7.24. The average Bonchev–Trinajstić information content (AvgIpc) is 2.14. The van der Waals surface area contributed by atoms with Gasteiger partial charge in [0.05, 0.1) is 5.25 Å². The predicted octanol–water partition coefficient (Wildman–Crippen LogP) is 4.04. The Balaban J connectivity index is 0. The fourth-order valence-electron chi connectivity index (χ4n) is 1.69. The molecule has 0 radical (unpaired) electrons. The smallest absolute Gasteiger partial charge is 0.267 e. The summed E-state index contributed by atoms with van der Waals surface area (Å²) in [6.45, 7) is 4.17. The Bertz CT molecular complexity index is 225. The second-order valence-corrected chi connectivity index (χ2v) is 5.83. The molecule has 100 valence electrons. The molecule has 0 amide bonds. The molecule has 0 aliphatic heterocycles. The lowest BCUT2D eigenvalue weighted by molar-refractivity contribution is 0.446. The summed E-state index contributed by atoms with van der Waals surface area (Å²) in [4.78, 5) is 0. The van der Waals surface area contributed by atoms with E-state index in [0.717, 1.165) is 38.5 Å². The van der Waals surface area contributed by atoms with Gasteiger partial charge in [0, 0.05) is 0 Å². The lowest BCUT2D eigenvalue weighted by atomic mass is 10.1. The van der Waals surface area contributed by atoms with E-state index >= 15 is 0 Å². The molecule has 0 saturated carbocycles. The first-order valence-corrected chi connectivity index (χ1v) is 7.49. The summed E-state index contributed by atoms with van der Waals surface area (Å²) >= 11 is 0. The first-order chi connectivity index (χ1) is 7.02. The minimum Gasteiger partial charge on any atom is -0.285 e. The molecule has 0 saturated heterocycles. The molecule has 0 fully saturated rings. The van der Waals surface area contributed by atoms with Gasteiger partial charge in [0.15, 0.2) is 0 Å². The van der Waals surface area contributed by atoms with Crippen LogP contribution in [0.5, 0.6) is 0 Å². The highest BCUT2D eigenvalue weighted by atomic mass is 32.2. The van der Waals surface area contributed by atoms with E-state index in [1.54, 1.807) is 0 Å². The first-order valence-electron chi connectivity index (χ1n) is 5.98. The van der Waals surface area contributed by atoms with Crippen LogP contribution in [0, 0.1) is 0 Å². The Morgan fingerprint density at radius 1 is 0.938 bits per heavy atom. The van der Waals surface area contributed by atoms with E-state index in [0.29, 0.717) is 12.8 Å². The zero-order chi connectivity index (χ0) is 11.7. The minimum absolute atomic E-state index is 0. The Kier molecular flexibility index (Phi) is 11.5. The van der Waals surface area contributed by atoms with Crippen LogP contribution in [0.25, 0.3) is 0 Å². The second-order valence-electron chi connectivity index (χ2n) is 4.13. The van der Waals surface area contributed by atoms with Crippen molar-refractivity contribution in [1.82, 2.24) is 0 Å². The van der Waals surface area contributed by atoms with E-state index in [1.165, 1.54) is 0 Å². The van der Waals surface area contributed by atoms with Crippen LogP contribution in [-0.2, 0) is 10.1 Å². The highest BCUT2D eigenvalue weighted by Crippen LogP contribution is 2.17. The molecule has 0 atom stereocenters. The van der Waals surface area contributed by atoms with Gasteiger partial charge < -0.3 is 0 Å². The zero-order valence-electron chi connectivity index (χ0n) is 9.91. The third-order valence-electron chi connectivity index (χ3n) is 2.68. The second kappa shape index (κ2) is 10.1. The highest BCUT2D eigenvalue weighted by Gasteiger charge is 2.21. The molecule has 0 rings (SSSR count). The van der Waals surface area contributed by atoms with Gasteiger partial charge in [-0.25, -0.2) is 0 Å². The van der Waals surface area contributed by atoms with Crippen molar-refractivity contribution in [2.45, 2.75) is 77.9 Å². The summed E-state index contributed by atoms with van der Waals surface area (Å²) < 4.78 is 31.2. The largest absolute Gasteiger partial charge is 0.285 e. The van der Waals surface area contributed by atoms with E-state index in [9.17, 15) is 8.42 Å². The number of hydrogen-bond donors (Lipinski definition) is 1. The third-order valence-corrected chi connectivity index (χ3v) is 3.99. The van der Waals surface area contributed by atoms with Crippen molar-refractivity contribution in [3.05, 3.63) is 0 Å². The van der Waals surface area contributed by atoms with Crippen molar-refractivity contribution < 1.29 is 13.0 Å². The number of hydrogen-bond acceptors (Lipinski definition) is 2. The maximum Gasteiger partial charge on any atom is 0.267 e. The van der Waals surface area contributed by atoms with Crippen LogP contribution in [0.2, 0.25) is 0 Å². The first kappa shape index (κ1) is 18.3. The van der Waals surface area contributed by atoms with Gasteiger partial charge in [0.1, 0.15) is 0 Å². The summed E-state index contributed by atoms with van der Waals surface area (Å²) in [5, 5.41) is -0.532. The fraction of sp³-hybridized carbons (Fsp3) is 1.00. The van der Waals surface area contributed by atoms with Gasteiger partial charge in [-0.3, -0.25) is 4.55 Å². The molecule has 0 bridgehead atoms. The van der Waals surface area contributed by atoms with Crippen molar-refractivity contribution >= 4 is 10.1 Å². The molecule has 0 spiro atoms. The third kappa shape index (κ3) is 9.16. The van der Waals surface area contributed by atoms with Crippen molar-refractivity contribution in [2.75, 3.05) is 0 Å². The van der Waals surface area contributed by atoms with Gasteiger partial charge in [0.2, 0.25) is 0 Å². The van der Waals surface area contributed by atoms with Gasteiger partial charge in [-0.15, -0.1) is 0 Å². The molecule has 0 unspecified atom stereocenters. The van der Waals surface area contributed by atoms with Crippen LogP contribution in [-0.4, -0.2) is 18.2 Å². The SMILES string of the molecule is C.CCCCCC(CCCCC)S(=O)(=O)O. The molecule has 0 aliphatic carbocycles. The molecular weight excluding hydrogens is 224 g/mol. The Morgan fingerprint density at radius 2 is 1.31 bits per heavy atom. The standard InChI is InChI=1S/C11H24O3S.CH4/c1-3-5-7-9-11(15(12,13)14)10-8-6-4-2;/h11H,3-10H2,1-2H3,(H,12,13,14);1H4. The maximum atomic E-state index is 11.1. The molecular formula is C12H28O3S. The van der Waals surface area contributed by atoms with Crippen LogP contribution in [0.15, 0.2) is 0 Å². The van der Waals surface area contributed by atoms with E-state index in [4.69, 9.17) is 4.55 Å². The molecule has 0 aromatic carbocycles. The lowest BCUT2D eigenvalue weighted by Gasteiger charge is -2.13.